The minimum atomic E-state index is 0.863. The maximum absolute atomic E-state index is 5.15. The second-order valence-electron chi connectivity index (χ2n) is 6.38. The molecule has 1 saturated carbocycles. The Morgan fingerprint density at radius 3 is 2.56 bits per heavy atom. The van der Waals surface area contributed by atoms with Crippen LogP contribution in [0.15, 0.2) is 0 Å². The molecular weight excluding hydrogens is 222 g/mol. The molecule has 1 N–H and O–H groups in total. The van der Waals surface area contributed by atoms with Crippen LogP contribution in [0.2, 0.25) is 0 Å². The number of ether oxygens (including phenoxy) is 1. The topological polar surface area (TPSA) is 21.3 Å². The minimum absolute atomic E-state index is 0.863. The number of methoxy groups -OCH3 is 1. The zero-order chi connectivity index (χ0) is 13.4. The Kier molecular flexibility index (Phi) is 7.92. The molecule has 0 radical (unpaired) electrons. The largest absolute Gasteiger partial charge is 0.385 e. The van der Waals surface area contributed by atoms with Crippen LogP contribution in [0.5, 0.6) is 0 Å². The summed E-state index contributed by atoms with van der Waals surface area (Å²) < 4.78 is 5.15. The molecule has 1 aliphatic carbocycles. The molecule has 1 fully saturated rings. The lowest BCUT2D eigenvalue weighted by Crippen LogP contribution is -2.33. The standard InChI is InChI=1S/C16H33NO/c1-13(2)14-8-9-16(12-17-3)15(11-14)7-5-6-10-18-4/h13-17H,5-12H2,1-4H3. The lowest BCUT2D eigenvalue weighted by atomic mass is 9.69. The van der Waals surface area contributed by atoms with E-state index in [1.807, 2.05) is 0 Å². The molecule has 0 aliphatic heterocycles. The molecule has 0 aromatic heterocycles. The van der Waals surface area contributed by atoms with Crippen molar-refractivity contribution in [1.29, 1.82) is 0 Å². The summed E-state index contributed by atoms with van der Waals surface area (Å²) in [6.07, 6.45) is 8.29. The molecule has 0 saturated heterocycles. The highest BCUT2D eigenvalue weighted by molar-refractivity contribution is 4.82. The second kappa shape index (κ2) is 8.92. The van der Waals surface area contributed by atoms with Crippen LogP contribution in [-0.4, -0.2) is 27.3 Å². The van der Waals surface area contributed by atoms with E-state index >= 15 is 0 Å². The van der Waals surface area contributed by atoms with Crippen LogP contribution >= 0.6 is 0 Å². The minimum Gasteiger partial charge on any atom is -0.385 e. The molecule has 0 heterocycles. The fourth-order valence-electron chi connectivity index (χ4n) is 3.51. The maximum Gasteiger partial charge on any atom is 0.0462 e. The van der Waals surface area contributed by atoms with Gasteiger partial charge < -0.3 is 10.1 Å². The number of rotatable bonds is 8. The SMILES string of the molecule is CNCC1CCC(C(C)C)CC1CCCCOC. The highest BCUT2D eigenvalue weighted by Gasteiger charge is 2.30. The lowest BCUT2D eigenvalue weighted by molar-refractivity contribution is 0.131. The summed E-state index contributed by atoms with van der Waals surface area (Å²) >= 11 is 0. The predicted molar refractivity (Wildman–Crippen MR) is 78.8 cm³/mol. The molecule has 0 spiro atoms. The zero-order valence-electron chi connectivity index (χ0n) is 12.9. The summed E-state index contributed by atoms with van der Waals surface area (Å²) in [5.74, 6) is 3.68. The maximum atomic E-state index is 5.15. The Morgan fingerprint density at radius 1 is 1.17 bits per heavy atom. The van der Waals surface area contributed by atoms with Crippen molar-refractivity contribution in [2.75, 3.05) is 27.3 Å². The third-order valence-electron chi connectivity index (χ3n) is 4.76. The third-order valence-corrected chi connectivity index (χ3v) is 4.76. The van der Waals surface area contributed by atoms with Crippen molar-refractivity contribution in [2.24, 2.45) is 23.7 Å². The highest BCUT2D eigenvalue weighted by atomic mass is 16.5. The first-order valence-electron chi connectivity index (χ1n) is 7.82. The van der Waals surface area contributed by atoms with E-state index in [1.165, 1.54) is 45.1 Å². The van der Waals surface area contributed by atoms with Crippen molar-refractivity contribution in [3.8, 4) is 0 Å². The lowest BCUT2D eigenvalue weighted by Gasteiger charge is -2.38. The number of hydrogen-bond acceptors (Lipinski definition) is 2. The van der Waals surface area contributed by atoms with E-state index in [0.29, 0.717) is 0 Å². The molecule has 3 atom stereocenters. The van der Waals surface area contributed by atoms with E-state index in [4.69, 9.17) is 4.74 Å². The van der Waals surface area contributed by atoms with Crippen LogP contribution < -0.4 is 5.32 Å². The molecule has 2 nitrogen and oxygen atoms in total. The number of nitrogens with one attached hydrogen (secondary N) is 1. The molecular formula is C16H33NO. The van der Waals surface area contributed by atoms with Crippen LogP contribution in [0.3, 0.4) is 0 Å². The Labute approximate surface area is 114 Å². The summed E-state index contributed by atoms with van der Waals surface area (Å²) in [7, 11) is 3.90. The zero-order valence-corrected chi connectivity index (χ0v) is 12.9. The molecule has 108 valence electrons. The van der Waals surface area contributed by atoms with Crippen molar-refractivity contribution in [1.82, 2.24) is 5.32 Å². The van der Waals surface area contributed by atoms with Crippen molar-refractivity contribution < 1.29 is 4.74 Å². The summed E-state index contributed by atoms with van der Waals surface area (Å²) in [4.78, 5) is 0. The Morgan fingerprint density at radius 2 is 1.94 bits per heavy atom. The summed E-state index contributed by atoms with van der Waals surface area (Å²) in [5, 5.41) is 3.39. The number of unbranched alkanes of at least 4 members (excludes halogenated alkanes) is 1. The Balaban J connectivity index is 2.39. The van der Waals surface area contributed by atoms with Gasteiger partial charge in [0.25, 0.3) is 0 Å². The smallest absolute Gasteiger partial charge is 0.0462 e. The first kappa shape index (κ1) is 16.0. The van der Waals surface area contributed by atoms with Gasteiger partial charge in [-0.3, -0.25) is 0 Å². The summed E-state index contributed by atoms with van der Waals surface area (Å²) in [6.45, 7) is 6.92. The molecule has 0 aromatic carbocycles. The van der Waals surface area contributed by atoms with Gasteiger partial charge in [-0.25, -0.2) is 0 Å². The quantitative estimate of drug-likeness (QED) is 0.668. The Bertz CT molecular complexity index is 205. The van der Waals surface area contributed by atoms with Gasteiger partial charge in [0.1, 0.15) is 0 Å². The van der Waals surface area contributed by atoms with E-state index in [2.05, 4.69) is 26.2 Å². The second-order valence-corrected chi connectivity index (χ2v) is 6.38. The fraction of sp³-hybridized carbons (Fsp3) is 1.00. The average Bonchev–Trinajstić information content (AvgIpc) is 2.36. The van der Waals surface area contributed by atoms with Gasteiger partial charge in [0.2, 0.25) is 0 Å². The van der Waals surface area contributed by atoms with E-state index in [-0.39, 0.29) is 0 Å². The number of hydrogen-bond donors (Lipinski definition) is 1. The van der Waals surface area contributed by atoms with Gasteiger partial charge in [-0.05, 0) is 62.9 Å². The molecule has 0 amide bonds. The molecule has 2 heteroatoms. The van der Waals surface area contributed by atoms with E-state index < -0.39 is 0 Å². The van der Waals surface area contributed by atoms with E-state index in [1.54, 1.807) is 7.11 Å². The van der Waals surface area contributed by atoms with Gasteiger partial charge in [-0.1, -0.05) is 26.7 Å². The monoisotopic (exact) mass is 255 g/mol. The van der Waals surface area contributed by atoms with Crippen LogP contribution in [-0.2, 0) is 4.74 Å². The van der Waals surface area contributed by atoms with Gasteiger partial charge in [0.15, 0.2) is 0 Å². The predicted octanol–water partition coefficient (Wildman–Crippen LogP) is 3.71. The van der Waals surface area contributed by atoms with Crippen LogP contribution in [0, 0.1) is 23.7 Å². The normalized spacial score (nSPS) is 28.8. The summed E-state index contributed by atoms with van der Waals surface area (Å²) in [5.41, 5.74) is 0. The van der Waals surface area contributed by atoms with Gasteiger partial charge >= 0.3 is 0 Å². The van der Waals surface area contributed by atoms with Crippen molar-refractivity contribution >= 4 is 0 Å². The molecule has 18 heavy (non-hydrogen) atoms. The van der Waals surface area contributed by atoms with Gasteiger partial charge in [0.05, 0.1) is 0 Å². The van der Waals surface area contributed by atoms with Crippen LogP contribution in [0.4, 0.5) is 0 Å². The molecule has 1 rings (SSSR count). The van der Waals surface area contributed by atoms with Gasteiger partial charge in [-0.15, -0.1) is 0 Å². The van der Waals surface area contributed by atoms with Crippen LogP contribution in [0.25, 0.3) is 0 Å². The van der Waals surface area contributed by atoms with Crippen molar-refractivity contribution in [2.45, 2.75) is 52.4 Å². The van der Waals surface area contributed by atoms with Gasteiger partial charge in [0, 0.05) is 13.7 Å². The fourth-order valence-corrected chi connectivity index (χ4v) is 3.51. The Hall–Kier alpha value is -0.0800. The highest BCUT2D eigenvalue weighted by Crippen LogP contribution is 2.39. The first-order chi connectivity index (χ1) is 8.69. The molecule has 1 aliphatic rings. The average molecular weight is 255 g/mol. The molecule has 0 aromatic rings. The third kappa shape index (κ3) is 5.27. The van der Waals surface area contributed by atoms with Crippen molar-refractivity contribution in [3.63, 3.8) is 0 Å². The molecule has 0 bridgehead atoms. The first-order valence-corrected chi connectivity index (χ1v) is 7.82. The van der Waals surface area contributed by atoms with Crippen LogP contribution in [0.1, 0.15) is 52.4 Å². The van der Waals surface area contributed by atoms with Gasteiger partial charge in [-0.2, -0.15) is 0 Å². The summed E-state index contributed by atoms with van der Waals surface area (Å²) in [6, 6.07) is 0. The van der Waals surface area contributed by atoms with Crippen molar-refractivity contribution in [3.05, 3.63) is 0 Å². The molecule has 3 unspecified atom stereocenters. The van der Waals surface area contributed by atoms with E-state index in [9.17, 15) is 0 Å². The van der Waals surface area contributed by atoms with E-state index in [0.717, 1.165) is 30.3 Å².